The molecule has 1 unspecified atom stereocenters. The number of rotatable bonds is 6. The third-order valence-electron chi connectivity index (χ3n) is 3.60. The number of nitrogens with two attached hydrogens (primary N) is 1. The van der Waals surface area contributed by atoms with Gasteiger partial charge in [0.15, 0.2) is 0 Å². The molecule has 20 heavy (non-hydrogen) atoms. The summed E-state index contributed by atoms with van der Waals surface area (Å²) in [4.78, 5) is 35.1. The van der Waals surface area contributed by atoms with E-state index in [-0.39, 0.29) is 0 Å². The van der Waals surface area contributed by atoms with Gasteiger partial charge in [-0.1, -0.05) is 19.3 Å². The average molecular weight is 285 g/mol. The second-order valence-electron chi connectivity index (χ2n) is 5.40. The topological polar surface area (TPSA) is 113 Å². The Balaban J connectivity index is 2.45. The van der Waals surface area contributed by atoms with Crippen molar-refractivity contribution in [1.82, 2.24) is 10.2 Å². The lowest BCUT2D eigenvalue weighted by Crippen LogP contribution is -2.49. The molecule has 0 aromatic heterocycles. The van der Waals surface area contributed by atoms with Gasteiger partial charge in [-0.2, -0.15) is 0 Å². The molecule has 1 fully saturated rings. The standard InChI is InChI=1S/C13H23N3O4/c1-16(8-9-5-3-2-4-6-9)13(20)15-10(12(18)19)7-11(14)17/h9-10H,2-8H2,1H3,(H2,14,17)(H,15,20)(H,18,19). The van der Waals surface area contributed by atoms with Gasteiger partial charge in [-0.3, -0.25) is 4.79 Å². The Kier molecular flexibility index (Phi) is 6.27. The van der Waals surface area contributed by atoms with E-state index < -0.39 is 30.4 Å². The lowest BCUT2D eigenvalue weighted by Gasteiger charge is -2.28. The normalized spacial score (nSPS) is 17.2. The summed E-state index contributed by atoms with van der Waals surface area (Å²) >= 11 is 0. The molecule has 0 saturated heterocycles. The molecule has 1 rings (SSSR count). The molecule has 0 spiro atoms. The van der Waals surface area contributed by atoms with Gasteiger partial charge in [0.05, 0.1) is 6.42 Å². The summed E-state index contributed by atoms with van der Waals surface area (Å²) in [7, 11) is 1.63. The lowest BCUT2D eigenvalue weighted by molar-refractivity contribution is -0.140. The zero-order valence-corrected chi connectivity index (χ0v) is 11.8. The van der Waals surface area contributed by atoms with Crippen molar-refractivity contribution in [3.63, 3.8) is 0 Å². The Hall–Kier alpha value is -1.79. The van der Waals surface area contributed by atoms with Crippen LogP contribution in [-0.2, 0) is 9.59 Å². The summed E-state index contributed by atoms with van der Waals surface area (Å²) in [5.41, 5.74) is 4.97. The SMILES string of the molecule is CN(CC1CCCCC1)C(=O)NC(CC(N)=O)C(=O)O. The highest BCUT2D eigenvalue weighted by atomic mass is 16.4. The quantitative estimate of drug-likeness (QED) is 0.661. The predicted molar refractivity (Wildman–Crippen MR) is 73.0 cm³/mol. The zero-order valence-electron chi connectivity index (χ0n) is 11.8. The van der Waals surface area contributed by atoms with Gasteiger partial charge in [0.1, 0.15) is 6.04 Å². The molecule has 0 radical (unpaired) electrons. The highest BCUT2D eigenvalue weighted by Crippen LogP contribution is 2.24. The van der Waals surface area contributed by atoms with Crippen LogP contribution in [0.25, 0.3) is 0 Å². The van der Waals surface area contributed by atoms with E-state index in [2.05, 4.69) is 5.32 Å². The van der Waals surface area contributed by atoms with Crippen LogP contribution in [0.3, 0.4) is 0 Å². The van der Waals surface area contributed by atoms with Crippen molar-refractivity contribution in [2.45, 2.75) is 44.6 Å². The van der Waals surface area contributed by atoms with Crippen LogP contribution >= 0.6 is 0 Å². The number of carboxylic acid groups (broad SMARTS) is 1. The molecule has 1 atom stereocenters. The maximum atomic E-state index is 11.9. The number of amides is 3. The predicted octanol–water partition coefficient (Wildman–Crippen LogP) is 0.537. The Bertz CT molecular complexity index is 367. The molecule has 0 aromatic rings. The molecule has 4 N–H and O–H groups in total. The van der Waals surface area contributed by atoms with Crippen LogP contribution in [-0.4, -0.2) is 47.5 Å². The molecular formula is C13H23N3O4. The van der Waals surface area contributed by atoms with Gasteiger partial charge in [-0.15, -0.1) is 0 Å². The monoisotopic (exact) mass is 285 g/mol. The Morgan fingerprint density at radius 2 is 1.90 bits per heavy atom. The van der Waals surface area contributed by atoms with E-state index in [9.17, 15) is 14.4 Å². The number of carbonyl (C=O) groups excluding carboxylic acids is 2. The first-order valence-electron chi connectivity index (χ1n) is 6.93. The summed E-state index contributed by atoms with van der Waals surface area (Å²) < 4.78 is 0. The van der Waals surface area contributed by atoms with Crippen LogP contribution in [0.5, 0.6) is 0 Å². The van der Waals surface area contributed by atoms with Gasteiger partial charge in [-0.05, 0) is 18.8 Å². The second kappa shape index (κ2) is 7.72. The van der Waals surface area contributed by atoms with Crippen LogP contribution in [0.15, 0.2) is 0 Å². The fourth-order valence-electron chi connectivity index (χ4n) is 2.50. The number of aliphatic carboxylic acids is 1. The van der Waals surface area contributed by atoms with E-state index in [0.717, 1.165) is 12.8 Å². The minimum Gasteiger partial charge on any atom is -0.480 e. The van der Waals surface area contributed by atoms with E-state index in [1.54, 1.807) is 7.05 Å². The largest absolute Gasteiger partial charge is 0.480 e. The second-order valence-corrected chi connectivity index (χ2v) is 5.40. The number of hydrogen-bond donors (Lipinski definition) is 3. The molecule has 0 aliphatic heterocycles. The highest BCUT2D eigenvalue weighted by Gasteiger charge is 2.25. The molecule has 0 aromatic carbocycles. The van der Waals surface area contributed by atoms with Crippen LogP contribution < -0.4 is 11.1 Å². The zero-order chi connectivity index (χ0) is 15.1. The first kappa shape index (κ1) is 16.3. The van der Waals surface area contributed by atoms with E-state index in [1.165, 1.54) is 24.2 Å². The van der Waals surface area contributed by atoms with Crippen molar-refractivity contribution in [1.29, 1.82) is 0 Å². The van der Waals surface area contributed by atoms with Crippen molar-refractivity contribution >= 4 is 17.9 Å². The number of carboxylic acids is 1. The Labute approximate surface area is 118 Å². The third-order valence-corrected chi connectivity index (χ3v) is 3.60. The van der Waals surface area contributed by atoms with E-state index in [4.69, 9.17) is 10.8 Å². The summed E-state index contributed by atoms with van der Waals surface area (Å²) in [6.07, 6.45) is 5.39. The summed E-state index contributed by atoms with van der Waals surface area (Å²) in [5, 5.41) is 11.3. The van der Waals surface area contributed by atoms with Crippen molar-refractivity contribution in [2.24, 2.45) is 11.7 Å². The van der Waals surface area contributed by atoms with Gasteiger partial charge >= 0.3 is 12.0 Å². The van der Waals surface area contributed by atoms with Crippen molar-refractivity contribution in [2.75, 3.05) is 13.6 Å². The molecular weight excluding hydrogens is 262 g/mol. The third kappa shape index (κ3) is 5.46. The summed E-state index contributed by atoms with van der Waals surface area (Å²) in [6, 6.07) is -1.75. The minimum atomic E-state index is -1.27. The molecule has 1 aliphatic rings. The van der Waals surface area contributed by atoms with Gasteiger partial charge in [0.25, 0.3) is 0 Å². The lowest BCUT2D eigenvalue weighted by atomic mass is 9.89. The van der Waals surface area contributed by atoms with E-state index >= 15 is 0 Å². The molecule has 7 heteroatoms. The first-order chi connectivity index (χ1) is 9.40. The smallest absolute Gasteiger partial charge is 0.326 e. The summed E-state index contributed by atoms with van der Waals surface area (Å²) in [6.45, 7) is 0.606. The fraction of sp³-hybridized carbons (Fsp3) is 0.769. The number of nitrogens with one attached hydrogen (secondary N) is 1. The molecule has 0 bridgehead atoms. The molecule has 1 aliphatic carbocycles. The van der Waals surface area contributed by atoms with Crippen molar-refractivity contribution in [3.8, 4) is 0 Å². The number of hydrogen-bond acceptors (Lipinski definition) is 3. The van der Waals surface area contributed by atoms with E-state index in [1.807, 2.05) is 0 Å². The molecule has 0 heterocycles. The van der Waals surface area contributed by atoms with Gasteiger partial charge in [0.2, 0.25) is 5.91 Å². The van der Waals surface area contributed by atoms with Crippen LogP contribution in [0, 0.1) is 5.92 Å². The number of urea groups is 1. The van der Waals surface area contributed by atoms with Gasteiger partial charge in [0, 0.05) is 13.6 Å². The molecule has 1 saturated carbocycles. The van der Waals surface area contributed by atoms with Crippen LogP contribution in [0.4, 0.5) is 4.79 Å². The van der Waals surface area contributed by atoms with Crippen molar-refractivity contribution in [3.05, 3.63) is 0 Å². The molecule has 7 nitrogen and oxygen atoms in total. The Morgan fingerprint density at radius 3 is 2.40 bits per heavy atom. The minimum absolute atomic E-state index is 0.404. The highest BCUT2D eigenvalue weighted by molar-refractivity contribution is 5.87. The molecule has 3 amide bonds. The number of nitrogens with zero attached hydrogens (tertiary/aromatic N) is 1. The number of carbonyl (C=O) groups is 3. The number of primary amides is 1. The van der Waals surface area contributed by atoms with Crippen molar-refractivity contribution < 1.29 is 19.5 Å². The van der Waals surface area contributed by atoms with Gasteiger partial charge in [-0.25, -0.2) is 9.59 Å². The summed E-state index contributed by atoms with van der Waals surface area (Å²) in [5.74, 6) is -1.55. The maximum absolute atomic E-state index is 11.9. The average Bonchev–Trinajstić information content (AvgIpc) is 2.38. The van der Waals surface area contributed by atoms with Crippen LogP contribution in [0.1, 0.15) is 38.5 Å². The Morgan fingerprint density at radius 1 is 1.30 bits per heavy atom. The van der Waals surface area contributed by atoms with Gasteiger partial charge < -0.3 is 21.1 Å². The first-order valence-corrected chi connectivity index (χ1v) is 6.93. The van der Waals surface area contributed by atoms with Crippen LogP contribution in [0.2, 0.25) is 0 Å². The maximum Gasteiger partial charge on any atom is 0.326 e. The fourth-order valence-corrected chi connectivity index (χ4v) is 2.50. The molecule has 114 valence electrons. The van der Waals surface area contributed by atoms with E-state index in [0.29, 0.717) is 12.5 Å².